The Kier molecular flexibility index (Phi) is 5.57. The summed E-state index contributed by atoms with van der Waals surface area (Å²) >= 11 is 0. The summed E-state index contributed by atoms with van der Waals surface area (Å²) in [6.07, 6.45) is 2.31. The lowest BCUT2D eigenvalue weighted by Crippen LogP contribution is -2.02. The lowest BCUT2D eigenvalue weighted by molar-refractivity contribution is 0.0956. The highest BCUT2D eigenvalue weighted by molar-refractivity contribution is 5.96. The molecule has 0 aliphatic heterocycles. The molecule has 1 N–H and O–H groups in total. The van der Waals surface area contributed by atoms with Crippen molar-refractivity contribution in [1.82, 2.24) is 0 Å². The average molecular weight is 222 g/mol. The molecular weight excluding hydrogens is 204 g/mol. The maximum Gasteiger partial charge on any atom is 0.165 e. The van der Waals surface area contributed by atoms with Crippen molar-refractivity contribution in [2.75, 3.05) is 13.2 Å². The molecule has 0 radical (unpaired) electrons. The topological polar surface area (TPSA) is 46.5 Å². The number of rotatable bonds is 7. The van der Waals surface area contributed by atoms with Crippen molar-refractivity contribution in [3.05, 3.63) is 29.8 Å². The van der Waals surface area contributed by atoms with Gasteiger partial charge in [-0.2, -0.15) is 0 Å². The first-order valence-corrected chi connectivity index (χ1v) is 5.65. The second-order valence-corrected chi connectivity index (χ2v) is 3.62. The molecule has 0 aliphatic rings. The predicted octanol–water partition coefficient (Wildman–Crippen LogP) is 2.43. The minimum absolute atomic E-state index is 0.0393. The Balaban J connectivity index is 2.50. The van der Waals surface area contributed by atoms with Gasteiger partial charge in [-0.25, -0.2) is 0 Å². The Bertz CT molecular complexity index is 316. The average Bonchev–Trinajstić information content (AvgIpc) is 2.30. The van der Waals surface area contributed by atoms with Crippen LogP contribution in [0.3, 0.4) is 0 Å². The number of aliphatic hydroxyl groups is 1. The molecule has 0 bridgehead atoms. The maximum absolute atomic E-state index is 11.4. The normalized spacial score (nSPS) is 10.1. The number of Topliss-reactive ketones (excluding diaryl/α,β-unsaturated/α-hetero) is 1. The van der Waals surface area contributed by atoms with E-state index in [0.29, 0.717) is 12.2 Å². The Morgan fingerprint density at radius 1 is 1.31 bits per heavy atom. The van der Waals surface area contributed by atoms with Crippen molar-refractivity contribution in [3.8, 4) is 5.75 Å². The van der Waals surface area contributed by atoms with Gasteiger partial charge >= 0.3 is 0 Å². The van der Waals surface area contributed by atoms with Gasteiger partial charge in [-0.05, 0) is 30.7 Å². The Labute approximate surface area is 96.1 Å². The number of hydrogen-bond acceptors (Lipinski definition) is 3. The van der Waals surface area contributed by atoms with E-state index in [1.165, 1.54) is 0 Å². The van der Waals surface area contributed by atoms with Crippen molar-refractivity contribution >= 4 is 5.78 Å². The van der Waals surface area contributed by atoms with Crippen molar-refractivity contribution in [1.29, 1.82) is 0 Å². The van der Waals surface area contributed by atoms with Gasteiger partial charge in [0, 0.05) is 12.0 Å². The summed E-state index contributed by atoms with van der Waals surface area (Å²) in [7, 11) is 0. The molecule has 0 amide bonds. The number of carbonyl (C=O) groups is 1. The third-order valence-corrected chi connectivity index (χ3v) is 2.28. The Morgan fingerprint density at radius 3 is 2.56 bits per heavy atom. The lowest BCUT2D eigenvalue weighted by atomic mass is 10.1. The second kappa shape index (κ2) is 7.01. The van der Waals surface area contributed by atoms with Crippen LogP contribution in [-0.4, -0.2) is 24.1 Å². The minimum atomic E-state index is -0.104. The van der Waals surface area contributed by atoms with Crippen LogP contribution in [0.4, 0.5) is 0 Å². The number of unbranched alkanes of at least 4 members (excludes halogenated alkanes) is 1. The largest absolute Gasteiger partial charge is 0.494 e. The van der Waals surface area contributed by atoms with Gasteiger partial charge in [-0.3, -0.25) is 4.79 Å². The van der Waals surface area contributed by atoms with E-state index in [1.807, 2.05) is 0 Å². The minimum Gasteiger partial charge on any atom is -0.494 e. The highest BCUT2D eigenvalue weighted by Gasteiger charge is 2.04. The van der Waals surface area contributed by atoms with Gasteiger partial charge in [0.1, 0.15) is 5.75 Å². The molecule has 0 atom stereocenters. The molecule has 0 saturated heterocycles. The van der Waals surface area contributed by atoms with Crippen LogP contribution >= 0.6 is 0 Å². The molecule has 0 fully saturated rings. The van der Waals surface area contributed by atoms with Gasteiger partial charge in [-0.15, -0.1) is 0 Å². The summed E-state index contributed by atoms with van der Waals surface area (Å²) in [5.74, 6) is 0.747. The van der Waals surface area contributed by atoms with Crippen LogP contribution in [0.2, 0.25) is 0 Å². The van der Waals surface area contributed by atoms with E-state index in [1.54, 1.807) is 24.3 Å². The van der Waals surface area contributed by atoms with Gasteiger partial charge in [0.15, 0.2) is 5.78 Å². The summed E-state index contributed by atoms with van der Waals surface area (Å²) in [5, 5.41) is 8.65. The van der Waals surface area contributed by atoms with Crippen LogP contribution in [0.1, 0.15) is 36.5 Å². The van der Waals surface area contributed by atoms with E-state index in [4.69, 9.17) is 9.84 Å². The molecule has 16 heavy (non-hydrogen) atoms. The number of ketones is 1. The molecule has 0 aromatic heterocycles. The van der Waals surface area contributed by atoms with Gasteiger partial charge in [0.25, 0.3) is 0 Å². The maximum atomic E-state index is 11.4. The molecule has 0 spiro atoms. The van der Waals surface area contributed by atoms with Crippen LogP contribution < -0.4 is 4.74 Å². The fourth-order valence-corrected chi connectivity index (χ4v) is 1.32. The van der Waals surface area contributed by atoms with Crippen LogP contribution in [0, 0.1) is 0 Å². The Hall–Kier alpha value is -1.35. The fourth-order valence-electron chi connectivity index (χ4n) is 1.32. The van der Waals surface area contributed by atoms with Crippen molar-refractivity contribution < 1.29 is 14.6 Å². The molecule has 0 aliphatic carbocycles. The number of ether oxygens (including phenoxy) is 1. The quantitative estimate of drug-likeness (QED) is 0.569. The summed E-state index contributed by atoms with van der Waals surface area (Å²) < 4.78 is 5.48. The first-order valence-electron chi connectivity index (χ1n) is 5.65. The molecule has 0 saturated carbocycles. The standard InChI is InChI=1S/C13H18O3/c1-2-3-10-16-12-6-4-11(5-7-12)13(15)8-9-14/h4-7,14H,2-3,8-10H2,1H3. The molecule has 0 heterocycles. The van der Waals surface area contributed by atoms with E-state index in [-0.39, 0.29) is 18.8 Å². The first kappa shape index (κ1) is 12.7. The van der Waals surface area contributed by atoms with Crippen LogP contribution in [-0.2, 0) is 0 Å². The highest BCUT2D eigenvalue weighted by atomic mass is 16.5. The number of aliphatic hydroxyl groups excluding tert-OH is 1. The van der Waals surface area contributed by atoms with Gasteiger partial charge < -0.3 is 9.84 Å². The SMILES string of the molecule is CCCCOc1ccc(C(=O)CCO)cc1. The molecule has 3 heteroatoms. The summed E-state index contributed by atoms with van der Waals surface area (Å²) in [6, 6.07) is 7.05. The smallest absolute Gasteiger partial charge is 0.165 e. The Morgan fingerprint density at radius 2 is 2.00 bits per heavy atom. The van der Waals surface area contributed by atoms with Crippen LogP contribution in [0.15, 0.2) is 24.3 Å². The van der Waals surface area contributed by atoms with Crippen molar-refractivity contribution in [2.45, 2.75) is 26.2 Å². The monoisotopic (exact) mass is 222 g/mol. The van der Waals surface area contributed by atoms with Crippen LogP contribution in [0.25, 0.3) is 0 Å². The second-order valence-electron chi connectivity index (χ2n) is 3.62. The molecule has 1 aromatic carbocycles. The summed E-state index contributed by atoms with van der Waals surface area (Å²) in [6.45, 7) is 2.72. The number of benzene rings is 1. The molecule has 1 rings (SSSR count). The van der Waals surface area contributed by atoms with Gasteiger partial charge in [0.05, 0.1) is 13.2 Å². The molecule has 3 nitrogen and oxygen atoms in total. The zero-order valence-corrected chi connectivity index (χ0v) is 9.61. The molecule has 88 valence electrons. The van der Waals surface area contributed by atoms with E-state index >= 15 is 0 Å². The fraction of sp³-hybridized carbons (Fsp3) is 0.462. The molecule has 1 aromatic rings. The highest BCUT2D eigenvalue weighted by Crippen LogP contribution is 2.13. The van der Waals surface area contributed by atoms with Crippen LogP contribution in [0.5, 0.6) is 5.75 Å². The van der Waals surface area contributed by atoms with Gasteiger partial charge in [-0.1, -0.05) is 13.3 Å². The molecule has 0 unspecified atom stereocenters. The van der Waals surface area contributed by atoms with E-state index < -0.39 is 0 Å². The first-order chi connectivity index (χ1) is 7.77. The molecular formula is C13H18O3. The van der Waals surface area contributed by atoms with E-state index in [2.05, 4.69) is 6.92 Å². The summed E-state index contributed by atoms with van der Waals surface area (Å²) in [4.78, 5) is 11.4. The lowest BCUT2D eigenvalue weighted by Gasteiger charge is -2.05. The number of hydrogen-bond donors (Lipinski definition) is 1. The third kappa shape index (κ3) is 4.03. The van der Waals surface area contributed by atoms with E-state index in [0.717, 1.165) is 18.6 Å². The zero-order chi connectivity index (χ0) is 11.8. The van der Waals surface area contributed by atoms with Crippen molar-refractivity contribution in [2.24, 2.45) is 0 Å². The number of carbonyl (C=O) groups excluding carboxylic acids is 1. The third-order valence-electron chi connectivity index (χ3n) is 2.28. The van der Waals surface area contributed by atoms with E-state index in [9.17, 15) is 4.79 Å². The van der Waals surface area contributed by atoms with Gasteiger partial charge in [0.2, 0.25) is 0 Å². The van der Waals surface area contributed by atoms with Crippen molar-refractivity contribution in [3.63, 3.8) is 0 Å². The predicted molar refractivity (Wildman–Crippen MR) is 62.9 cm³/mol. The zero-order valence-electron chi connectivity index (χ0n) is 9.61. The summed E-state index contributed by atoms with van der Waals surface area (Å²) in [5.41, 5.74) is 0.622.